The number of aryl methyl sites for hydroxylation is 1. The summed E-state index contributed by atoms with van der Waals surface area (Å²) in [4.78, 5) is 12.7. The van der Waals surface area contributed by atoms with Gasteiger partial charge in [0.05, 0.1) is 5.41 Å². The highest BCUT2D eigenvalue weighted by Gasteiger charge is 2.46. The second-order valence-corrected chi connectivity index (χ2v) is 6.87. The van der Waals surface area contributed by atoms with Gasteiger partial charge in [-0.2, -0.15) is 0 Å². The maximum atomic E-state index is 12.7. The van der Waals surface area contributed by atoms with E-state index in [1.165, 1.54) is 11.1 Å². The number of carbonyl (C=O) groups is 1. The fraction of sp³-hybridized carbons (Fsp3) is 0.611. The number of carbonyl (C=O) groups excluding carboxylic acids is 1. The van der Waals surface area contributed by atoms with Crippen LogP contribution in [0.15, 0.2) is 24.3 Å². The fourth-order valence-electron chi connectivity index (χ4n) is 3.58. The minimum Gasteiger partial charge on any atom is -0.381 e. The minimum absolute atomic E-state index is 0. The van der Waals surface area contributed by atoms with Crippen LogP contribution in [0, 0.1) is 12.3 Å². The molecule has 0 atom stereocenters. The first-order valence-corrected chi connectivity index (χ1v) is 8.24. The van der Waals surface area contributed by atoms with Crippen LogP contribution in [0.2, 0.25) is 0 Å². The van der Waals surface area contributed by atoms with E-state index in [2.05, 4.69) is 36.5 Å². The van der Waals surface area contributed by atoms with Gasteiger partial charge in [0.15, 0.2) is 0 Å². The van der Waals surface area contributed by atoms with Gasteiger partial charge in [-0.3, -0.25) is 4.79 Å². The first kappa shape index (κ1) is 18.2. The Morgan fingerprint density at radius 1 is 1.22 bits per heavy atom. The lowest BCUT2D eigenvalue weighted by Crippen LogP contribution is -2.50. The highest BCUT2D eigenvalue weighted by molar-refractivity contribution is 5.85. The molecule has 0 bridgehead atoms. The molecule has 1 heterocycles. The quantitative estimate of drug-likeness (QED) is 0.866. The zero-order valence-corrected chi connectivity index (χ0v) is 14.6. The van der Waals surface area contributed by atoms with Crippen molar-refractivity contribution in [2.75, 3.05) is 26.3 Å². The van der Waals surface area contributed by atoms with Crippen LogP contribution in [0.1, 0.15) is 36.8 Å². The summed E-state index contributed by atoms with van der Waals surface area (Å²) in [6.45, 7) is 4.54. The van der Waals surface area contributed by atoms with Crippen LogP contribution in [-0.2, 0) is 14.9 Å². The van der Waals surface area contributed by atoms with Crippen LogP contribution in [0.3, 0.4) is 0 Å². The highest BCUT2D eigenvalue weighted by atomic mass is 35.5. The van der Waals surface area contributed by atoms with Crippen molar-refractivity contribution < 1.29 is 9.53 Å². The normalized spacial score (nSPS) is 21.1. The van der Waals surface area contributed by atoms with Gasteiger partial charge in [-0.05, 0) is 43.7 Å². The van der Waals surface area contributed by atoms with Crippen LogP contribution in [0.5, 0.6) is 0 Å². The van der Waals surface area contributed by atoms with Crippen LogP contribution < -0.4 is 11.1 Å². The summed E-state index contributed by atoms with van der Waals surface area (Å²) in [5.41, 5.74) is 8.32. The Hall–Kier alpha value is -1.10. The number of ether oxygens (including phenoxy) is 1. The second-order valence-electron chi connectivity index (χ2n) is 6.87. The predicted molar refractivity (Wildman–Crippen MR) is 93.9 cm³/mol. The Labute approximate surface area is 144 Å². The lowest BCUT2D eigenvalue weighted by atomic mass is 9.79. The third kappa shape index (κ3) is 3.54. The number of hydrogen-bond donors (Lipinski definition) is 2. The van der Waals surface area contributed by atoms with E-state index in [9.17, 15) is 4.79 Å². The Morgan fingerprint density at radius 3 is 2.43 bits per heavy atom. The topological polar surface area (TPSA) is 64.4 Å². The molecule has 3 N–H and O–H groups in total. The maximum absolute atomic E-state index is 12.7. The molecule has 1 aromatic carbocycles. The zero-order valence-electron chi connectivity index (χ0n) is 13.8. The van der Waals surface area contributed by atoms with Crippen LogP contribution >= 0.6 is 12.4 Å². The molecule has 128 valence electrons. The molecule has 5 heteroatoms. The molecule has 4 nitrogen and oxygen atoms in total. The van der Waals surface area contributed by atoms with Crippen molar-refractivity contribution in [2.45, 2.75) is 38.0 Å². The van der Waals surface area contributed by atoms with Crippen molar-refractivity contribution in [3.8, 4) is 0 Å². The van der Waals surface area contributed by atoms with E-state index in [-0.39, 0.29) is 23.7 Å². The lowest BCUT2D eigenvalue weighted by molar-refractivity contribution is -0.136. The molecule has 2 aliphatic rings. The van der Waals surface area contributed by atoms with Gasteiger partial charge < -0.3 is 15.8 Å². The van der Waals surface area contributed by atoms with Crippen molar-refractivity contribution >= 4 is 18.3 Å². The standard InChI is InChI=1S/C18H26N2O2.ClH/c1-14-4-2-3-5-15(14)18(6-7-18)13-20-16(21)17(12-19)8-10-22-11-9-17;/h2-5H,6-13,19H2,1H3,(H,20,21);1H. The second kappa shape index (κ2) is 7.20. The maximum Gasteiger partial charge on any atom is 0.227 e. The smallest absolute Gasteiger partial charge is 0.227 e. The number of nitrogens with one attached hydrogen (secondary N) is 1. The summed E-state index contributed by atoms with van der Waals surface area (Å²) in [5.74, 6) is 0.109. The molecular weight excluding hydrogens is 312 g/mol. The first-order chi connectivity index (χ1) is 10.6. The van der Waals surface area contributed by atoms with Gasteiger partial charge in [0.1, 0.15) is 0 Å². The van der Waals surface area contributed by atoms with Crippen molar-refractivity contribution in [1.29, 1.82) is 0 Å². The molecule has 1 aliphatic carbocycles. The SMILES string of the molecule is Cc1ccccc1C1(CNC(=O)C2(CN)CCOCC2)CC1.Cl. The minimum atomic E-state index is -0.430. The van der Waals surface area contributed by atoms with Gasteiger partial charge in [-0.15, -0.1) is 12.4 Å². The predicted octanol–water partition coefficient (Wildman–Crippen LogP) is 2.32. The summed E-state index contributed by atoms with van der Waals surface area (Å²) < 4.78 is 5.38. The van der Waals surface area contributed by atoms with E-state index < -0.39 is 5.41 Å². The third-order valence-electron chi connectivity index (χ3n) is 5.48. The number of nitrogens with two attached hydrogens (primary N) is 1. The van der Waals surface area contributed by atoms with E-state index in [0.717, 1.165) is 32.2 Å². The summed E-state index contributed by atoms with van der Waals surface area (Å²) >= 11 is 0. The zero-order chi connectivity index (χ0) is 15.6. The number of hydrogen-bond acceptors (Lipinski definition) is 3. The molecule has 1 saturated carbocycles. The number of benzene rings is 1. The largest absolute Gasteiger partial charge is 0.381 e. The molecular formula is C18H27ClN2O2. The first-order valence-electron chi connectivity index (χ1n) is 8.24. The Bertz CT molecular complexity index is 552. The molecule has 1 aliphatic heterocycles. The van der Waals surface area contributed by atoms with E-state index in [1.807, 2.05) is 0 Å². The Kier molecular flexibility index (Phi) is 5.71. The van der Waals surface area contributed by atoms with Gasteiger partial charge >= 0.3 is 0 Å². The summed E-state index contributed by atoms with van der Waals surface area (Å²) in [5, 5.41) is 3.20. The van der Waals surface area contributed by atoms with Crippen molar-refractivity contribution in [3.63, 3.8) is 0 Å². The molecule has 1 aromatic rings. The number of amides is 1. The van der Waals surface area contributed by atoms with Gasteiger partial charge in [-0.25, -0.2) is 0 Å². The van der Waals surface area contributed by atoms with Crippen LogP contribution in [0.4, 0.5) is 0 Å². The van der Waals surface area contributed by atoms with Gasteiger partial charge in [0.25, 0.3) is 0 Å². The van der Waals surface area contributed by atoms with Gasteiger partial charge in [0.2, 0.25) is 5.91 Å². The molecule has 0 spiro atoms. The average Bonchev–Trinajstić information content (AvgIpc) is 3.34. The van der Waals surface area contributed by atoms with Crippen LogP contribution in [-0.4, -0.2) is 32.2 Å². The van der Waals surface area contributed by atoms with Gasteiger partial charge in [-0.1, -0.05) is 24.3 Å². The van der Waals surface area contributed by atoms with Crippen molar-refractivity contribution in [2.24, 2.45) is 11.1 Å². The van der Waals surface area contributed by atoms with Crippen molar-refractivity contribution in [3.05, 3.63) is 35.4 Å². The van der Waals surface area contributed by atoms with Crippen LogP contribution in [0.25, 0.3) is 0 Å². The number of rotatable bonds is 5. The monoisotopic (exact) mass is 338 g/mol. The Morgan fingerprint density at radius 2 is 1.87 bits per heavy atom. The molecule has 1 amide bonds. The highest BCUT2D eigenvalue weighted by Crippen LogP contribution is 2.48. The summed E-state index contributed by atoms with van der Waals surface area (Å²) in [6, 6.07) is 8.50. The molecule has 0 aromatic heterocycles. The van der Waals surface area contributed by atoms with E-state index >= 15 is 0 Å². The van der Waals surface area contributed by atoms with E-state index in [0.29, 0.717) is 19.8 Å². The molecule has 0 unspecified atom stereocenters. The number of halogens is 1. The summed E-state index contributed by atoms with van der Waals surface area (Å²) in [7, 11) is 0. The Balaban J connectivity index is 0.00000192. The van der Waals surface area contributed by atoms with Crippen molar-refractivity contribution in [1.82, 2.24) is 5.32 Å². The molecule has 3 rings (SSSR count). The fourth-order valence-corrected chi connectivity index (χ4v) is 3.58. The molecule has 2 fully saturated rings. The molecule has 1 saturated heterocycles. The van der Waals surface area contributed by atoms with Gasteiger partial charge in [0, 0.05) is 31.7 Å². The van der Waals surface area contributed by atoms with E-state index in [1.54, 1.807) is 0 Å². The third-order valence-corrected chi connectivity index (χ3v) is 5.48. The average molecular weight is 339 g/mol. The van der Waals surface area contributed by atoms with E-state index in [4.69, 9.17) is 10.5 Å². The molecule has 23 heavy (non-hydrogen) atoms. The summed E-state index contributed by atoms with van der Waals surface area (Å²) in [6.07, 6.45) is 3.76. The lowest BCUT2D eigenvalue weighted by Gasteiger charge is -2.35. The molecule has 0 radical (unpaired) electrons.